The molecule has 0 atom stereocenters. The van der Waals surface area contributed by atoms with Crippen LogP contribution in [0.2, 0.25) is 10.0 Å². The van der Waals surface area contributed by atoms with Crippen LogP contribution in [0.3, 0.4) is 0 Å². The molecular weight excluding hydrogens is 385 g/mol. The number of quaternary nitrogens is 1. The molecule has 0 unspecified atom stereocenters. The Morgan fingerprint density at radius 2 is 1.93 bits per heavy atom. The van der Waals surface area contributed by atoms with Gasteiger partial charge in [0.05, 0.1) is 39.0 Å². The summed E-state index contributed by atoms with van der Waals surface area (Å²) in [5.74, 6) is 0.917. The number of halogens is 2. The molecule has 1 aliphatic heterocycles. The van der Waals surface area contributed by atoms with E-state index in [1.807, 2.05) is 24.3 Å². The summed E-state index contributed by atoms with van der Waals surface area (Å²) in [7, 11) is 1.69. The summed E-state index contributed by atoms with van der Waals surface area (Å²) in [6.07, 6.45) is 0. The summed E-state index contributed by atoms with van der Waals surface area (Å²) < 4.78 is 5.45. The maximum Gasteiger partial charge on any atom is 0.275 e. The van der Waals surface area contributed by atoms with Crippen molar-refractivity contribution in [2.75, 3.05) is 44.7 Å². The zero-order valence-corrected chi connectivity index (χ0v) is 16.8. The van der Waals surface area contributed by atoms with E-state index in [4.69, 9.17) is 27.9 Å². The van der Waals surface area contributed by atoms with Gasteiger partial charge >= 0.3 is 0 Å². The van der Waals surface area contributed by atoms with Gasteiger partial charge in [0.1, 0.15) is 5.75 Å². The molecule has 2 N–H and O–H groups in total. The van der Waals surface area contributed by atoms with Crippen LogP contribution in [0.4, 0.5) is 5.69 Å². The molecule has 0 bridgehead atoms. The van der Waals surface area contributed by atoms with Gasteiger partial charge in [-0.1, -0.05) is 41.4 Å². The van der Waals surface area contributed by atoms with Crippen molar-refractivity contribution in [1.29, 1.82) is 0 Å². The van der Waals surface area contributed by atoms with Crippen molar-refractivity contribution < 1.29 is 14.4 Å². The van der Waals surface area contributed by atoms with Crippen LogP contribution in [0, 0.1) is 0 Å². The molecular formula is C20H24Cl2N3O2+. The molecule has 2 aromatic carbocycles. The van der Waals surface area contributed by atoms with Crippen molar-refractivity contribution in [2.24, 2.45) is 0 Å². The van der Waals surface area contributed by atoms with Gasteiger partial charge in [-0.05, 0) is 29.8 Å². The number of piperazine rings is 1. The molecule has 1 heterocycles. The number of amides is 1. The van der Waals surface area contributed by atoms with Gasteiger partial charge < -0.3 is 19.9 Å². The lowest BCUT2D eigenvalue weighted by molar-refractivity contribution is -0.892. The van der Waals surface area contributed by atoms with E-state index >= 15 is 0 Å². The SMILES string of the molecule is COc1ccccc1N1CC[NH+](CC(=O)NCc2ccc(Cl)cc2Cl)CC1. The number of nitrogens with one attached hydrogen (secondary N) is 2. The molecule has 2 aromatic rings. The second-order valence-corrected chi connectivity index (χ2v) is 7.44. The quantitative estimate of drug-likeness (QED) is 0.768. The largest absolute Gasteiger partial charge is 0.495 e. The van der Waals surface area contributed by atoms with Crippen molar-refractivity contribution in [2.45, 2.75) is 6.54 Å². The number of carbonyl (C=O) groups is 1. The normalized spacial score (nSPS) is 14.9. The van der Waals surface area contributed by atoms with Gasteiger partial charge in [-0.2, -0.15) is 0 Å². The molecule has 1 saturated heterocycles. The third-order valence-electron chi connectivity index (χ3n) is 4.80. The van der Waals surface area contributed by atoms with Crippen molar-refractivity contribution in [1.82, 2.24) is 5.32 Å². The first-order chi connectivity index (χ1) is 13.1. The Labute approximate surface area is 169 Å². The molecule has 0 aliphatic carbocycles. The molecule has 0 radical (unpaired) electrons. The lowest BCUT2D eigenvalue weighted by Gasteiger charge is -2.34. The van der Waals surface area contributed by atoms with Gasteiger partial charge in [0.15, 0.2) is 6.54 Å². The summed E-state index contributed by atoms with van der Waals surface area (Å²) in [4.78, 5) is 15.9. The number of anilines is 1. The van der Waals surface area contributed by atoms with E-state index < -0.39 is 0 Å². The standard InChI is InChI=1S/C20H23Cl2N3O2/c1-27-19-5-3-2-4-18(19)25-10-8-24(9-11-25)14-20(26)23-13-15-6-7-16(21)12-17(15)22/h2-7,12H,8-11,13-14H2,1H3,(H,23,26)/p+1. The minimum atomic E-state index is 0.0294. The van der Waals surface area contributed by atoms with Crippen molar-refractivity contribution in [3.8, 4) is 5.75 Å². The fourth-order valence-electron chi connectivity index (χ4n) is 3.28. The lowest BCUT2D eigenvalue weighted by Crippen LogP contribution is -3.15. The number of para-hydroxylation sites is 2. The van der Waals surface area contributed by atoms with E-state index in [2.05, 4.69) is 16.3 Å². The molecule has 144 valence electrons. The number of carbonyl (C=O) groups excluding carboxylic acids is 1. The van der Waals surface area contributed by atoms with E-state index in [-0.39, 0.29) is 5.91 Å². The van der Waals surface area contributed by atoms with Crippen LogP contribution in [0.1, 0.15) is 5.56 Å². The summed E-state index contributed by atoms with van der Waals surface area (Å²) in [6, 6.07) is 13.3. The lowest BCUT2D eigenvalue weighted by atomic mass is 10.2. The molecule has 1 amide bonds. The number of hydrogen-bond acceptors (Lipinski definition) is 3. The fourth-order valence-corrected chi connectivity index (χ4v) is 3.76. The summed E-state index contributed by atoms with van der Waals surface area (Å²) in [6.45, 7) is 4.48. The molecule has 3 rings (SSSR count). The zero-order chi connectivity index (χ0) is 19.2. The van der Waals surface area contributed by atoms with Gasteiger partial charge in [0.2, 0.25) is 0 Å². The van der Waals surface area contributed by atoms with Crippen molar-refractivity contribution in [3.05, 3.63) is 58.1 Å². The topological polar surface area (TPSA) is 46.0 Å². The number of benzene rings is 2. The van der Waals surface area contributed by atoms with Gasteiger partial charge in [-0.25, -0.2) is 0 Å². The third kappa shape index (κ3) is 5.28. The van der Waals surface area contributed by atoms with Crippen LogP contribution in [-0.4, -0.2) is 45.7 Å². The highest BCUT2D eigenvalue weighted by molar-refractivity contribution is 6.35. The Hall–Kier alpha value is -1.95. The van der Waals surface area contributed by atoms with Gasteiger partial charge in [0.25, 0.3) is 5.91 Å². The second kappa shape index (κ2) is 9.31. The molecule has 0 spiro atoms. The molecule has 0 aromatic heterocycles. The Morgan fingerprint density at radius 3 is 2.63 bits per heavy atom. The van der Waals surface area contributed by atoms with E-state index in [0.717, 1.165) is 43.2 Å². The zero-order valence-electron chi connectivity index (χ0n) is 15.3. The van der Waals surface area contributed by atoms with Crippen LogP contribution < -0.4 is 19.9 Å². The fraction of sp³-hybridized carbons (Fsp3) is 0.350. The summed E-state index contributed by atoms with van der Waals surface area (Å²) in [5.41, 5.74) is 1.98. The number of ether oxygens (including phenoxy) is 1. The smallest absolute Gasteiger partial charge is 0.275 e. The minimum Gasteiger partial charge on any atom is -0.495 e. The highest BCUT2D eigenvalue weighted by Gasteiger charge is 2.23. The summed E-state index contributed by atoms with van der Waals surface area (Å²) >= 11 is 12.0. The van der Waals surface area contributed by atoms with Crippen LogP contribution in [0.15, 0.2) is 42.5 Å². The maximum atomic E-state index is 12.3. The number of methoxy groups -OCH3 is 1. The predicted octanol–water partition coefficient (Wildman–Crippen LogP) is 2.02. The maximum absolute atomic E-state index is 12.3. The van der Waals surface area contributed by atoms with Gasteiger partial charge in [-0.3, -0.25) is 4.79 Å². The molecule has 7 heteroatoms. The molecule has 0 saturated carbocycles. The van der Waals surface area contributed by atoms with E-state index in [1.54, 1.807) is 19.2 Å². The second-order valence-electron chi connectivity index (χ2n) is 6.60. The minimum absolute atomic E-state index is 0.0294. The van der Waals surface area contributed by atoms with E-state index in [0.29, 0.717) is 23.1 Å². The first kappa shape index (κ1) is 19.8. The van der Waals surface area contributed by atoms with E-state index in [1.165, 1.54) is 4.90 Å². The first-order valence-corrected chi connectivity index (χ1v) is 9.74. The summed E-state index contributed by atoms with van der Waals surface area (Å²) in [5, 5.41) is 4.11. The van der Waals surface area contributed by atoms with Crippen molar-refractivity contribution >= 4 is 34.8 Å². The first-order valence-electron chi connectivity index (χ1n) is 8.99. The van der Waals surface area contributed by atoms with E-state index in [9.17, 15) is 4.79 Å². The predicted molar refractivity (Wildman–Crippen MR) is 109 cm³/mol. The average Bonchev–Trinajstić information content (AvgIpc) is 2.68. The molecule has 1 fully saturated rings. The van der Waals surface area contributed by atoms with Gasteiger partial charge in [-0.15, -0.1) is 0 Å². The number of hydrogen-bond donors (Lipinski definition) is 2. The van der Waals surface area contributed by atoms with Crippen LogP contribution in [-0.2, 0) is 11.3 Å². The molecule has 5 nitrogen and oxygen atoms in total. The van der Waals surface area contributed by atoms with Gasteiger partial charge in [0, 0.05) is 16.6 Å². The number of rotatable bonds is 6. The average molecular weight is 409 g/mol. The highest BCUT2D eigenvalue weighted by atomic mass is 35.5. The Bertz CT molecular complexity index is 793. The van der Waals surface area contributed by atoms with Crippen LogP contribution >= 0.6 is 23.2 Å². The molecule has 27 heavy (non-hydrogen) atoms. The van der Waals surface area contributed by atoms with Crippen molar-refractivity contribution in [3.63, 3.8) is 0 Å². The monoisotopic (exact) mass is 408 g/mol. The van der Waals surface area contributed by atoms with Crippen LogP contribution in [0.25, 0.3) is 0 Å². The third-order valence-corrected chi connectivity index (χ3v) is 5.39. The Balaban J connectivity index is 1.46. The Kier molecular flexibility index (Phi) is 6.83. The molecule has 1 aliphatic rings. The number of nitrogens with zero attached hydrogens (tertiary/aromatic N) is 1. The van der Waals surface area contributed by atoms with Crippen LogP contribution in [0.5, 0.6) is 5.75 Å². The highest BCUT2D eigenvalue weighted by Crippen LogP contribution is 2.27. The Morgan fingerprint density at radius 1 is 1.19 bits per heavy atom.